The van der Waals surface area contributed by atoms with Gasteiger partial charge in [-0.2, -0.15) is 0 Å². The Kier molecular flexibility index (Phi) is 3.82. The molecule has 0 bridgehead atoms. The molecule has 0 saturated heterocycles. The van der Waals surface area contributed by atoms with Crippen molar-refractivity contribution in [1.82, 2.24) is 4.72 Å². The number of hydrogen-bond acceptors (Lipinski definition) is 3. The standard InChI is InChI=1S/C13H19FN2O2S/c1-13(7-3-2-4-8-13)16-19(17,18)12-9-10(14)5-6-11(12)15/h5-6,9,16H,2-4,7-8,15H2,1H3. The summed E-state index contributed by atoms with van der Waals surface area (Å²) in [6.07, 6.45) is 4.71. The number of nitrogen functional groups attached to an aromatic ring is 1. The molecule has 6 heteroatoms. The molecule has 1 aromatic carbocycles. The Hall–Kier alpha value is -1.14. The fourth-order valence-corrected chi connectivity index (χ4v) is 4.16. The Morgan fingerprint density at radius 1 is 1.26 bits per heavy atom. The average molecular weight is 286 g/mol. The van der Waals surface area contributed by atoms with Crippen molar-refractivity contribution in [2.75, 3.05) is 5.73 Å². The Morgan fingerprint density at radius 3 is 2.53 bits per heavy atom. The van der Waals surface area contributed by atoms with Crippen molar-refractivity contribution in [2.24, 2.45) is 0 Å². The lowest BCUT2D eigenvalue weighted by atomic mass is 9.84. The Labute approximate surface area is 113 Å². The molecular formula is C13H19FN2O2S. The minimum atomic E-state index is -3.79. The van der Waals surface area contributed by atoms with Crippen LogP contribution in [0.4, 0.5) is 10.1 Å². The summed E-state index contributed by atoms with van der Waals surface area (Å²) in [4.78, 5) is -0.181. The quantitative estimate of drug-likeness (QED) is 0.838. The fraction of sp³-hybridized carbons (Fsp3) is 0.538. The number of anilines is 1. The molecule has 0 unspecified atom stereocenters. The van der Waals surface area contributed by atoms with Crippen LogP contribution in [-0.2, 0) is 10.0 Å². The van der Waals surface area contributed by atoms with Gasteiger partial charge in [0.15, 0.2) is 0 Å². The van der Waals surface area contributed by atoms with E-state index in [-0.39, 0.29) is 10.6 Å². The molecule has 1 aliphatic rings. The number of nitrogens with two attached hydrogens (primary N) is 1. The van der Waals surface area contributed by atoms with Crippen molar-refractivity contribution in [1.29, 1.82) is 0 Å². The Bertz CT molecular complexity index is 566. The van der Waals surface area contributed by atoms with Gasteiger partial charge in [0.1, 0.15) is 10.7 Å². The largest absolute Gasteiger partial charge is 0.398 e. The predicted octanol–water partition coefficient (Wildman–Crippen LogP) is 2.41. The van der Waals surface area contributed by atoms with Crippen molar-refractivity contribution < 1.29 is 12.8 Å². The highest BCUT2D eigenvalue weighted by Gasteiger charge is 2.32. The molecule has 0 radical (unpaired) electrons. The number of benzene rings is 1. The predicted molar refractivity (Wildman–Crippen MR) is 72.6 cm³/mol. The second-order valence-electron chi connectivity index (χ2n) is 5.41. The first kappa shape index (κ1) is 14.3. The van der Waals surface area contributed by atoms with Gasteiger partial charge in [-0.15, -0.1) is 0 Å². The molecule has 1 aromatic rings. The van der Waals surface area contributed by atoms with E-state index in [2.05, 4.69) is 4.72 Å². The van der Waals surface area contributed by atoms with E-state index in [9.17, 15) is 12.8 Å². The summed E-state index contributed by atoms with van der Waals surface area (Å²) in [6.45, 7) is 1.89. The first-order valence-electron chi connectivity index (χ1n) is 6.41. The maximum Gasteiger partial charge on any atom is 0.243 e. The topological polar surface area (TPSA) is 72.2 Å². The van der Waals surface area contributed by atoms with Gasteiger partial charge >= 0.3 is 0 Å². The molecular weight excluding hydrogens is 267 g/mol. The summed E-state index contributed by atoms with van der Waals surface area (Å²) in [5.41, 5.74) is 5.24. The van der Waals surface area contributed by atoms with Gasteiger partial charge in [-0.1, -0.05) is 19.3 Å². The second-order valence-corrected chi connectivity index (χ2v) is 7.06. The Morgan fingerprint density at radius 2 is 1.89 bits per heavy atom. The fourth-order valence-electron chi connectivity index (χ4n) is 2.55. The maximum absolute atomic E-state index is 13.2. The zero-order valence-corrected chi connectivity index (χ0v) is 11.8. The maximum atomic E-state index is 13.2. The zero-order valence-electron chi connectivity index (χ0n) is 10.9. The third-order valence-corrected chi connectivity index (χ3v) is 5.30. The van der Waals surface area contributed by atoms with Crippen LogP contribution in [-0.4, -0.2) is 14.0 Å². The zero-order chi connectivity index (χ0) is 14.1. The lowest BCUT2D eigenvalue weighted by molar-refractivity contribution is 0.294. The van der Waals surface area contributed by atoms with Crippen LogP contribution in [0, 0.1) is 5.82 Å². The molecule has 0 spiro atoms. The molecule has 1 saturated carbocycles. The van der Waals surface area contributed by atoms with Gasteiger partial charge in [0, 0.05) is 5.54 Å². The van der Waals surface area contributed by atoms with Crippen LogP contribution >= 0.6 is 0 Å². The van der Waals surface area contributed by atoms with Crippen LogP contribution in [0.2, 0.25) is 0 Å². The van der Waals surface area contributed by atoms with Crippen LogP contribution < -0.4 is 10.5 Å². The van der Waals surface area contributed by atoms with Crippen molar-refractivity contribution >= 4 is 15.7 Å². The van der Waals surface area contributed by atoms with Crippen molar-refractivity contribution in [2.45, 2.75) is 49.5 Å². The minimum Gasteiger partial charge on any atom is -0.398 e. The number of nitrogens with one attached hydrogen (secondary N) is 1. The molecule has 19 heavy (non-hydrogen) atoms. The van der Waals surface area contributed by atoms with E-state index in [0.717, 1.165) is 44.2 Å². The average Bonchev–Trinajstić information content (AvgIpc) is 2.31. The number of sulfonamides is 1. The third-order valence-electron chi connectivity index (χ3n) is 3.60. The van der Waals surface area contributed by atoms with Gasteiger partial charge in [0.2, 0.25) is 10.0 Å². The van der Waals surface area contributed by atoms with Gasteiger partial charge in [-0.3, -0.25) is 0 Å². The second kappa shape index (κ2) is 5.09. The smallest absolute Gasteiger partial charge is 0.243 e. The number of halogens is 1. The highest BCUT2D eigenvalue weighted by molar-refractivity contribution is 7.89. The van der Waals surface area contributed by atoms with E-state index in [0.29, 0.717) is 0 Å². The van der Waals surface area contributed by atoms with E-state index < -0.39 is 21.4 Å². The minimum absolute atomic E-state index is 0.0632. The van der Waals surface area contributed by atoms with Gasteiger partial charge in [0.05, 0.1) is 5.69 Å². The van der Waals surface area contributed by atoms with Crippen LogP contribution in [0.1, 0.15) is 39.0 Å². The van der Waals surface area contributed by atoms with Crippen LogP contribution in [0.25, 0.3) is 0 Å². The summed E-state index contributed by atoms with van der Waals surface area (Å²) >= 11 is 0. The van der Waals surface area contributed by atoms with Gasteiger partial charge in [-0.25, -0.2) is 17.5 Å². The van der Waals surface area contributed by atoms with Crippen LogP contribution in [0.15, 0.2) is 23.1 Å². The highest BCUT2D eigenvalue weighted by Crippen LogP contribution is 2.30. The summed E-state index contributed by atoms with van der Waals surface area (Å²) in [5.74, 6) is -0.608. The summed E-state index contributed by atoms with van der Waals surface area (Å²) in [5, 5.41) is 0. The SMILES string of the molecule is CC1(NS(=O)(=O)c2cc(F)ccc2N)CCCCC1. The van der Waals surface area contributed by atoms with Crippen molar-refractivity contribution in [3.8, 4) is 0 Å². The number of hydrogen-bond donors (Lipinski definition) is 2. The molecule has 0 heterocycles. The lowest BCUT2D eigenvalue weighted by Gasteiger charge is -2.34. The molecule has 2 rings (SSSR count). The van der Waals surface area contributed by atoms with Gasteiger partial charge in [0.25, 0.3) is 0 Å². The molecule has 3 N–H and O–H groups in total. The normalized spacial score (nSPS) is 19.3. The molecule has 106 valence electrons. The summed E-state index contributed by atoms with van der Waals surface area (Å²) in [7, 11) is -3.79. The lowest BCUT2D eigenvalue weighted by Crippen LogP contribution is -2.47. The monoisotopic (exact) mass is 286 g/mol. The molecule has 0 aromatic heterocycles. The van der Waals surface area contributed by atoms with Gasteiger partial charge < -0.3 is 5.73 Å². The summed E-state index contributed by atoms with van der Waals surface area (Å²) in [6, 6.07) is 3.38. The van der Waals surface area contributed by atoms with Crippen molar-refractivity contribution in [3.05, 3.63) is 24.0 Å². The first-order valence-corrected chi connectivity index (χ1v) is 7.90. The van der Waals surface area contributed by atoms with E-state index >= 15 is 0 Å². The molecule has 0 atom stereocenters. The van der Waals surface area contributed by atoms with Crippen LogP contribution in [0.5, 0.6) is 0 Å². The number of rotatable bonds is 3. The van der Waals surface area contributed by atoms with E-state index in [1.54, 1.807) is 0 Å². The first-order chi connectivity index (χ1) is 8.82. The molecule has 0 amide bonds. The van der Waals surface area contributed by atoms with Gasteiger partial charge in [-0.05, 0) is 38.0 Å². The van der Waals surface area contributed by atoms with E-state index in [4.69, 9.17) is 5.73 Å². The van der Waals surface area contributed by atoms with E-state index in [1.165, 1.54) is 6.07 Å². The molecule has 4 nitrogen and oxygen atoms in total. The van der Waals surface area contributed by atoms with Crippen LogP contribution in [0.3, 0.4) is 0 Å². The third kappa shape index (κ3) is 3.25. The summed E-state index contributed by atoms with van der Waals surface area (Å²) < 4.78 is 40.5. The molecule has 1 fully saturated rings. The Balaban J connectivity index is 2.29. The van der Waals surface area contributed by atoms with Crippen molar-refractivity contribution in [3.63, 3.8) is 0 Å². The highest BCUT2D eigenvalue weighted by atomic mass is 32.2. The van der Waals surface area contributed by atoms with E-state index in [1.807, 2.05) is 6.92 Å². The molecule has 1 aliphatic carbocycles. The molecule has 0 aliphatic heterocycles.